The average Bonchev–Trinajstić information content (AvgIpc) is 3.25. The fraction of sp³-hybridized carbons (Fsp3) is 0.400. The van der Waals surface area contributed by atoms with Gasteiger partial charge in [0.05, 0.1) is 17.2 Å². The summed E-state index contributed by atoms with van der Waals surface area (Å²) in [4.78, 5) is 34.2. The van der Waals surface area contributed by atoms with E-state index in [2.05, 4.69) is 4.98 Å². The molecule has 3 aromatic rings. The van der Waals surface area contributed by atoms with E-state index in [1.165, 1.54) is 19.5 Å². The van der Waals surface area contributed by atoms with Crippen molar-refractivity contribution < 1.29 is 23.8 Å². The van der Waals surface area contributed by atoms with Gasteiger partial charge in [0, 0.05) is 60.5 Å². The summed E-state index contributed by atoms with van der Waals surface area (Å²) in [7, 11) is 1.50. The maximum absolute atomic E-state index is 13.4. The van der Waals surface area contributed by atoms with Crippen LogP contribution in [-0.2, 0) is 6.42 Å². The standard InChI is InChI=1S/C25H27Cl2N3O5/c1-13-11-29(12-14(2)30(13)15(3)31)25(33)23-8-17-16(5-6-22(34-4)24(17)35-23)21(32)7-18-19(26)9-28-10-20(18)27/h5-6,8-10,13-15,31H,7,11-12H2,1-4H3. The maximum atomic E-state index is 13.4. The van der Waals surface area contributed by atoms with Crippen LogP contribution in [0.3, 0.4) is 0 Å². The molecule has 1 aliphatic heterocycles. The van der Waals surface area contributed by atoms with Crippen molar-refractivity contribution in [1.29, 1.82) is 0 Å². The lowest BCUT2D eigenvalue weighted by Crippen LogP contribution is -2.60. The molecular formula is C25H27Cl2N3O5. The van der Waals surface area contributed by atoms with Gasteiger partial charge in [-0.1, -0.05) is 23.2 Å². The molecule has 0 bridgehead atoms. The van der Waals surface area contributed by atoms with Crippen LogP contribution in [0.15, 0.2) is 35.0 Å². The van der Waals surface area contributed by atoms with Crippen LogP contribution < -0.4 is 4.74 Å². The molecule has 1 aromatic carbocycles. The summed E-state index contributed by atoms with van der Waals surface area (Å²) in [6, 6.07) is 4.79. The molecule has 3 atom stereocenters. The van der Waals surface area contributed by atoms with E-state index in [4.69, 9.17) is 32.4 Å². The van der Waals surface area contributed by atoms with Crippen LogP contribution >= 0.6 is 23.2 Å². The lowest BCUT2D eigenvalue weighted by molar-refractivity contribution is -0.0675. The van der Waals surface area contributed by atoms with Gasteiger partial charge in [0.1, 0.15) is 6.23 Å². The van der Waals surface area contributed by atoms with Crippen molar-refractivity contribution in [2.24, 2.45) is 0 Å². The van der Waals surface area contributed by atoms with E-state index < -0.39 is 6.23 Å². The predicted octanol–water partition coefficient (Wildman–Crippen LogP) is 4.44. The zero-order valence-corrected chi connectivity index (χ0v) is 21.4. The van der Waals surface area contributed by atoms with Crippen LogP contribution in [0.2, 0.25) is 10.0 Å². The quantitative estimate of drug-likeness (QED) is 0.480. The Hall–Kier alpha value is -2.65. The molecule has 8 nitrogen and oxygen atoms in total. The number of methoxy groups -OCH3 is 1. The molecule has 4 rings (SSSR count). The molecule has 1 amide bonds. The normalized spacial score (nSPS) is 19.7. The molecular weight excluding hydrogens is 493 g/mol. The lowest BCUT2D eigenvalue weighted by Gasteiger charge is -2.45. The van der Waals surface area contributed by atoms with Gasteiger partial charge >= 0.3 is 0 Å². The number of ether oxygens (including phenoxy) is 1. The second kappa shape index (κ2) is 10.1. The highest BCUT2D eigenvalue weighted by atomic mass is 35.5. The van der Waals surface area contributed by atoms with Crippen LogP contribution in [0.1, 0.15) is 47.2 Å². The first kappa shape index (κ1) is 25.4. The number of Topliss-reactive ketones (excluding diaryl/α,β-unsaturated/α-hetero) is 1. The van der Waals surface area contributed by atoms with Crippen molar-refractivity contribution in [2.75, 3.05) is 20.2 Å². The minimum absolute atomic E-state index is 0.0337. The molecule has 1 fully saturated rings. The van der Waals surface area contributed by atoms with E-state index in [9.17, 15) is 14.7 Å². The third-order valence-electron chi connectivity index (χ3n) is 6.37. The number of aliphatic hydroxyl groups excluding tert-OH is 1. The molecule has 1 N–H and O–H groups in total. The number of amides is 1. The Morgan fingerprint density at radius 3 is 2.40 bits per heavy atom. The summed E-state index contributed by atoms with van der Waals surface area (Å²) in [5, 5.41) is 11.2. The van der Waals surface area contributed by atoms with E-state index in [1.807, 2.05) is 18.7 Å². The maximum Gasteiger partial charge on any atom is 0.289 e. The number of nitrogens with zero attached hydrogens (tertiary/aromatic N) is 3. The first-order valence-corrected chi connectivity index (χ1v) is 12.0. The molecule has 10 heteroatoms. The summed E-state index contributed by atoms with van der Waals surface area (Å²) in [5.74, 6) is 0.00530. The van der Waals surface area contributed by atoms with Gasteiger partial charge in [-0.25, -0.2) is 0 Å². The Labute approximate surface area is 213 Å². The first-order chi connectivity index (χ1) is 16.6. The molecule has 0 spiro atoms. The van der Waals surface area contributed by atoms with Gasteiger partial charge in [-0.3, -0.25) is 19.5 Å². The molecule has 3 unspecified atom stereocenters. The Morgan fingerprint density at radius 1 is 1.20 bits per heavy atom. The monoisotopic (exact) mass is 519 g/mol. The van der Waals surface area contributed by atoms with E-state index in [0.717, 1.165) is 0 Å². The largest absolute Gasteiger partial charge is 0.493 e. The Balaban J connectivity index is 1.67. The topological polar surface area (TPSA) is 96.1 Å². The van der Waals surface area contributed by atoms with E-state index in [-0.39, 0.29) is 36.0 Å². The van der Waals surface area contributed by atoms with Crippen LogP contribution in [0.5, 0.6) is 5.75 Å². The number of ketones is 1. The number of furan rings is 1. The smallest absolute Gasteiger partial charge is 0.289 e. The molecule has 35 heavy (non-hydrogen) atoms. The van der Waals surface area contributed by atoms with E-state index in [0.29, 0.717) is 51.0 Å². The molecule has 2 aromatic heterocycles. The molecule has 0 saturated carbocycles. The number of benzene rings is 1. The van der Waals surface area contributed by atoms with Gasteiger partial charge in [0.2, 0.25) is 0 Å². The molecule has 3 heterocycles. The fourth-order valence-corrected chi connectivity index (χ4v) is 5.36. The number of fused-ring (bicyclic) bond motifs is 1. The SMILES string of the molecule is COc1ccc(C(=O)Cc2c(Cl)cncc2Cl)c2cc(C(=O)N3CC(C)N(C(C)O)C(C)C3)oc12. The number of halogens is 2. The van der Waals surface area contributed by atoms with Crippen LogP contribution in [0, 0.1) is 0 Å². The van der Waals surface area contributed by atoms with E-state index >= 15 is 0 Å². The number of aliphatic hydroxyl groups is 1. The van der Waals surface area contributed by atoms with Gasteiger partial charge in [0.25, 0.3) is 5.91 Å². The first-order valence-electron chi connectivity index (χ1n) is 11.3. The third-order valence-corrected chi connectivity index (χ3v) is 7.03. The van der Waals surface area contributed by atoms with Crippen LogP contribution in [-0.4, -0.2) is 70.1 Å². The van der Waals surface area contributed by atoms with Gasteiger partial charge in [-0.15, -0.1) is 0 Å². The minimum Gasteiger partial charge on any atom is -0.493 e. The number of carbonyl (C=O) groups excluding carboxylic acids is 2. The second-order valence-corrected chi connectivity index (χ2v) is 9.65. The van der Waals surface area contributed by atoms with Crippen molar-refractivity contribution in [3.63, 3.8) is 0 Å². The summed E-state index contributed by atoms with van der Waals surface area (Å²) in [5.41, 5.74) is 1.17. The number of piperazine rings is 1. The third kappa shape index (κ3) is 4.89. The molecule has 1 aliphatic rings. The van der Waals surface area contributed by atoms with Crippen molar-refractivity contribution in [3.8, 4) is 5.75 Å². The van der Waals surface area contributed by atoms with Gasteiger partial charge in [-0.2, -0.15) is 0 Å². The number of hydrogen-bond acceptors (Lipinski definition) is 7. The summed E-state index contributed by atoms with van der Waals surface area (Å²) in [6.45, 7) is 6.54. The summed E-state index contributed by atoms with van der Waals surface area (Å²) >= 11 is 12.4. The zero-order chi connectivity index (χ0) is 25.4. The van der Waals surface area contributed by atoms with Crippen LogP contribution in [0.25, 0.3) is 11.0 Å². The van der Waals surface area contributed by atoms with Crippen molar-refractivity contribution >= 4 is 45.9 Å². The number of rotatable bonds is 6. The Bertz CT molecular complexity index is 1240. The minimum atomic E-state index is -0.608. The molecule has 0 radical (unpaired) electrons. The Morgan fingerprint density at radius 2 is 1.83 bits per heavy atom. The van der Waals surface area contributed by atoms with Crippen molar-refractivity contribution in [2.45, 2.75) is 45.5 Å². The van der Waals surface area contributed by atoms with Gasteiger partial charge in [-0.05, 0) is 39.0 Å². The van der Waals surface area contributed by atoms with Gasteiger partial charge in [0.15, 0.2) is 22.9 Å². The van der Waals surface area contributed by atoms with Crippen molar-refractivity contribution in [3.05, 3.63) is 57.5 Å². The summed E-state index contributed by atoms with van der Waals surface area (Å²) < 4.78 is 11.4. The zero-order valence-electron chi connectivity index (χ0n) is 19.9. The van der Waals surface area contributed by atoms with Crippen molar-refractivity contribution in [1.82, 2.24) is 14.8 Å². The molecule has 1 saturated heterocycles. The second-order valence-electron chi connectivity index (χ2n) is 8.84. The molecule has 0 aliphatic carbocycles. The van der Waals surface area contributed by atoms with Gasteiger partial charge < -0.3 is 19.2 Å². The van der Waals surface area contributed by atoms with E-state index in [1.54, 1.807) is 30.0 Å². The number of hydrogen-bond donors (Lipinski definition) is 1. The number of pyridine rings is 1. The molecule has 186 valence electrons. The highest BCUT2D eigenvalue weighted by Gasteiger charge is 2.35. The number of aromatic nitrogens is 1. The highest BCUT2D eigenvalue weighted by molar-refractivity contribution is 6.36. The Kier molecular flexibility index (Phi) is 7.38. The highest BCUT2D eigenvalue weighted by Crippen LogP contribution is 2.34. The lowest BCUT2D eigenvalue weighted by atomic mass is 10.00. The van der Waals surface area contributed by atoms with Crippen LogP contribution in [0.4, 0.5) is 0 Å². The average molecular weight is 520 g/mol. The fourth-order valence-electron chi connectivity index (χ4n) is 4.86. The number of carbonyl (C=O) groups is 2. The summed E-state index contributed by atoms with van der Waals surface area (Å²) in [6.07, 6.45) is 2.23. The predicted molar refractivity (Wildman–Crippen MR) is 133 cm³/mol.